The molecule has 1 saturated carbocycles. The van der Waals surface area contributed by atoms with Gasteiger partial charge in [0, 0.05) is 17.3 Å². The molecule has 0 saturated heterocycles. The van der Waals surface area contributed by atoms with Crippen LogP contribution in [0.2, 0.25) is 0 Å². The number of thiazole rings is 1. The Morgan fingerprint density at radius 3 is 2.81 bits per heavy atom. The van der Waals surface area contributed by atoms with Gasteiger partial charge in [0.1, 0.15) is 0 Å². The zero-order valence-corrected chi connectivity index (χ0v) is 10.4. The third kappa shape index (κ3) is 2.80. The first-order valence-electron chi connectivity index (χ1n) is 5.55. The molecule has 1 heterocycles. The smallest absolute Gasteiger partial charge is 0.227 e. The molecule has 1 aliphatic carbocycles. The summed E-state index contributed by atoms with van der Waals surface area (Å²) < 4.78 is 0. The van der Waals surface area contributed by atoms with Crippen molar-refractivity contribution in [1.82, 2.24) is 4.98 Å². The van der Waals surface area contributed by atoms with E-state index in [1.54, 1.807) is 0 Å². The fourth-order valence-electron chi connectivity index (χ4n) is 1.60. The molecule has 0 radical (unpaired) electrons. The molecule has 4 nitrogen and oxygen atoms in total. The van der Waals surface area contributed by atoms with E-state index in [-0.39, 0.29) is 11.9 Å². The SMILES string of the molecule is Cc1nc(NC(=O)CC(N)C2CC2)sc1C. The Bertz CT molecular complexity index is 378. The van der Waals surface area contributed by atoms with Gasteiger partial charge in [-0.05, 0) is 32.6 Å². The van der Waals surface area contributed by atoms with Crippen LogP contribution in [0.3, 0.4) is 0 Å². The lowest BCUT2D eigenvalue weighted by molar-refractivity contribution is -0.116. The molecule has 3 N–H and O–H groups in total. The van der Waals surface area contributed by atoms with Crippen LogP contribution < -0.4 is 11.1 Å². The second-order valence-electron chi connectivity index (χ2n) is 4.41. The number of aromatic nitrogens is 1. The van der Waals surface area contributed by atoms with Gasteiger partial charge in [-0.15, -0.1) is 11.3 Å². The Morgan fingerprint density at radius 1 is 1.62 bits per heavy atom. The summed E-state index contributed by atoms with van der Waals surface area (Å²) in [5.74, 6) is 0.540. The molecule has 1 fully saturated rings. The van der Waals surface area contributed by atoms with E-state index in [9.17, 15) is 4.79 Å². The summed E-state index contributed by atoms with van der Waals surface area (Å²) >= 11 is 1.51. The second kappa shape index (κ2) is 4.51. The quantitative estimate of drug-likeness (QED) is 0.842. The lowest BCUT2D eigenvalue weighted by Gasteiger charge is -2.08. The van der Waals surface area contributed by atoms with Gasteiger partial charge in [-0.3, -0.25) is 4.79 Å². The van der Waals surface area contributed by atoms with Gasteiger partial charge in [0.25, 0.3) is 0 Å². The number of amides is 1. The van der Waals surface area contributed by atoms with Gasteiger partial charge in [-0.1, -0.05) is 0 Å². The molecule has 1 unspecified atom stereocenters. The van der Waals surface area contributed by atoms with E-state index in [0.717, 1.165) is 10.6 Å². The van der Waals surface area contributed by atoms with E-state index in [2.05, 4.69) is 10.3 Å². The highest BCUT2D eigenvalue weighted by Gasteiger charge is 2.29. The number of rotatable bonds is 4. The van der Waals surface area contributed by atoms with Crippen LogP contribution in [0.1, 0.15) is 29.8 Å². The van der Waals surface area contributed by atoms with Crippen molar-refractivity contribution in [1.29, 1.82) is 0 Å². The molecule has 16 heavy (non-hydrogen) atoms. The summed E-state index contributed by atoms with van der Waals surface area (Å²) in [6.45, 7) is 3.94. The fourth-order valence-corrected chi connectivity index (χ4v) is 2.43. The molecule has 1 atom stereocenters. The number of carbonyl (C=O) groups excluding carboxylic acids is 1. The predicted octanol–water partition coefficient (Wildman–Crippen LogP) is 1.83. The summed E-state index contributed by atoms with van der Waals surface area (Å²) in [7, 11) is 0. The van der Waals surface area contributed by atoms with Gasteiger partial charge < -0.3 is 11.1 Å². The number of carbonyl (C=O) groups is 1. The number of nitrogens with zero attached hydrogens (tertiary/aromatic N) is 1. The van der Waals surface area contributed by atoms with Crippen LogP contribution in [0.25, 0.3) is 0 Å². The molecule has 88 valence electrons. The van der Waals surface area contributed by atoms with Crippen LogP contribution >= 0.6 is 11.3 Å². The number of nitrogens with two attached hydrogens (primary N) is 1. The number of aryl methyl sites for hydroxylation is 2. The van der Waals surface area contributed by atoms with E-state index in [0.29, 0.717) is 17.5 Å². The van der Waals surface area contributed by atoms with Crippen LogP contribution in [0.15, 0.2) is 0 Å². The van der Waals surface area contributed by atoms with Crippen molar-refractivity contribution in [3.63, 3.8) is 0 Å². The molecule has 0 aliphatic heterocycles. The molecule has 1 amide bonds. The van der Waals surface area contributed by atoms with Gasteiger partial charge in [0.05, 0.1) is 5.69 Å². The molecule has 1 aromatic rings. The first-order valence-corrected chi connectivity index (χ1v) is 6.37. The van der Waals surface area contributed by atoms with Crippen LogP contribution in [0, 0.1) is 19.8 Å². The van der Waals surface area contributed by atoms with Gasteiger partial charge in [0.15, 0.2) is 5.13 Å². The monoisotopic (exact) mass is 239 g/mol. The van der Waals surface area contributed by atoms with E-state index >= 15 is 0 Å². The molecule has 1 aromatic heterocycles. The minimum atomic E-state index is -0.0202. The van der Waals surface area contributed by atoms with Crippen molar-refractivity contribution in [3.8, 4) is 0 Å². The minimum Gasteiger partial charge on any atom is -0.327 e. The number of hydrogen-bond donors (Lipinski definition) is 2. The maximum Gasteiger partial charge on any atom is 0.227 e. The standard InChI is InChI=1S/C11H17N3OS/c1-6-7(2)16-11(13-6)14-10(15)5-9(12)8-3-4-8/h8-9H,3-5,12H2,1-2H3,(H,13,14,15). The van der Waals surface area contributed by atoms with Gasteiger partial charge in [-0.25, -0.2) is 4.98 Å². The molecule has 1 aliphatic rings. The Morgan fingerprint density at radius 2 is 2.31 bits per heavy atom. The summed E-state index contributed by atoms with van der Waals surface area (Å²) in [4.78, 5) is 17.1. The van der Waals surface area contributed by atoms with Gasteiger partial charge in [0.2, 0.25) is 5.91 Å². The summed E-state index contributed by atoms with van der Waals surface area (Å²) in [5, 5.41) is 3.49. The van der Waals surface area contributed by atoms with Crippen molar-refractivity contribution >= 4 is 22.4 Å². The maximum atomic E-state index is 11.7. The largest absolute Gasteiger partial charge is 0.327 e. The average Bonchev–Trinajstić information content (AvgIpc) is 2.95. The van der Waals surface area contributed by atoms with E-state index < -0.39 is 0 Å². The van der Waals surface area contributed by atoms with E-state index in [1.807, 2.05) is 13.8 Å². The average molecular weight is 239 g/mol. The fraction of sp³-hybridized carbons (Fsp3) is 0.636. The minimum absolute atomic E-state index is 0.0159. The number of nitrogens with one attached hydrogen (secondary N) is 1. The van der Waals surface area contributed by atoms with Crippen LogP contribution in [0.5, 0.6) is 0 Å². The number of anilines is 1. The molecular weight excluding hydrogens is 222 g/mol. The molecule has 0 aromatic carbocycles. The Hall–Kier alpha value is -0.940. The molecule has 5 heteroatoms. The van der Waals surface area contributed by atoms with Crippen molar-refractivity contribution in [2.75, 3.05) is 5.32 Å². The highest BCUT2D eigenvalue weighted by atomic mass is 32.1. The highest BCUT2D eigenvalue weighted by molar-refractivity contribution is 7.15. The number of hydrogen-bond acceptors (Lipinski definition) is 4. The first kappa shape index (κ1) is 11.5. The summed E-state index contributed by atoms with van der Waals surface area (Å²) in [5.41, 5.74) is 6.87. The van der Waals surface area contributed by atoms with Crippen molar-refractivity contribution in [2.45, 2.75) is 39.2 Å². The summed E-state index contributed by atoms with van der Waals surface area (Å²) in [6.07, 6.45) is 2.75. The third-order valence-corrected chi connectivity index (χ3v) is 3.91. The van der Waals surface area contributed by atoms with Crippen LogP contribution in [-0.2, 0) is 4.79 Å². The van der Waals surface area contributed by atoms with Gasteiger partial charge in [-0.2, -0.15) is 0 Å². The molecular formula is C11H17N3OS. The molecule has 0 spiro atoms. The highest BCUT2D eigenvalue weighted by Crippen LogP contribution is 2.33. The Balaban J connectivity index is 1.86. The molecule has 0 bridgehead atoms. The van der Waals surface area contributed by atoms with Crippen molar-refractivity contribution in [2.24, 2.45) is 11.7 Å². The van der Waals surface area contributed by atoms with Crippen LogP contribution in [0.4, 0.5) is 5.13 Å². The normalized spacial score (nSPS) is 17.2. The lowest BCUT2D eigenvalue weighted by Crippen LogP contribution is -2.28. The van der Waals surface area contributed by atoms with Crippen LogP contribution in [-0.4, -0.2) is 16.9 Å². The Labute approximate surface area is 99.3 Å². The summed E-state index contributed by atoms with van der Waals surface area (Å²) in [6, 6.07) is 0.0159. The second-order valence-corrected chi connectivity index (χ2v) is 5.62. The van der Waals surface area contributed by atoms with E-state index in [1.165, 1.54) is 24.2 Å². The predicted molar refractivity (Wildman–Crippen MR) is 65.5 cm³/mol. The zero-order chi connectivity index (χ0) is 11.7. The lowest BCUT2D eigenvalue weighted by atomic mass is 10.1. The van der Waals surface area contributed by atoms with E-state index in [4.69, 9.17) is 5.73 Å². The molecule has 2 rings (SSSR count). The third-order valence-electron chi connectivity index (χ3n) is 2.92. The topological polar surface area (TPSA) is 68.0 Å². The maximum absolute atomic E-state index is 11.7. The van der Waals surface area contributed by atoms with Crippen molar-refractivity contribution < 1.29 is 4.79 Å². The van der Waals surface area contributed by atoms with Gasteiger partial charge >= 0.3 is 0 Å². The first-order chi connectivity index (χ1) is 7.56. The zero-order valence-electron chi connectivity index (χ0n) is 9.62. The van der Waals surface area contributed by atoms with Crippen molar-refractivity contribution in [3.05, 3.63) is 10.6 Å². The Kier molecular flexibility index (Phi) is 3.25.